The van der Waals surface area contributed by atoms with Crippen molar-refractivity contribution in [2.45, 2.75) is 63.1 Å². The van der Waals surface area contributed by atoms with E-state index in [-0.39, 0.29) is 6.42 Å². The summed E-state index contributed by atoms with van der Waals surface area (Å²) in [6.45, 7) is 2.44. The number of aliphatic hydroxyl groups excluding tert-OH is 2. The number of primary amides is 1. The molecule has 0 saturated heterocycles. The number of amides is 4. The molecule has 0 fully saturated rings. The third-order valence-electron chi connectivity index (χ3n) is 5.64. The van der Waals surface area contributed by atoms with E-state index in [2.05, 4.69) is 20.9 Å². The average molecular weight is 521 g/mol. The number of carbonyl (C=O) groups is 5. The summed E-state index contributed by atoms with van der Waals surface area (Å²) in [5, 5.41) is 36.2. The van der Waals surface area contributed by atoms with E-state index in [4.69, 9.17) is 11.5 Å². The van der Waals surface area contributed by atoms with Gasteiger partial charge in [0.1, 0.15) is 18.1 Å². The number of aromatic amines is 1. The van der Waals surface area contributed by atoms with Gasteiger partial charge in [-0.25, -0.2) is 4.79 Å². The molecule has 14 heteroatoms. The van der Waals surface area contributed by atoms with Crippen molar-refractivity contribution in [1.29, 1.82) is 0 Å². The zero-order chi connectivity index (χ0) is 27.9. The molecule has 14 nitrogen and oxygen atoms in total. The van der Waals surface area contributed by atoms with Crippen molar-refractivity contribution in [3.05, 3.63) is 36.0 Å². The van der Waals surface area contributed by atoms with Crippen molar-refractivity contribution >= 4 is 40.5 Å². The van der Waals surface area contributed by atoms with Gasteiger partial charge in [0.15, 0.2) is 6.04 Å². The van der Waals surface area contributed by atoms with Crippen LogP contribution in [0.15, 0.2) is 30.5 Å². The molecule has 6 unspecified atom stereocenters. The first-order valence-corrected chi connectivity index (χ1v) is 11.4. The summed E-state index contributed by atoms with van der Waals surface area (Å²) in [6, 6.07) is 1.14. The minimum atomic E-state index is -1.67. The fourth-order valence-corrected chi connectivity index (χ4v) is 3.54. The van der Waals surface area contributed by atoms with E-state index in [9.17, 15) is 39.3 Å². The fourth-order valence-electron chi connectivity index (χ4n) is 3.54. The highest BCUT2D eigenvalue weighted by Gasteiger charge is 2.33. The van der Waals surface area contributed by atoms with Crippen molar-refractivity contribution in [2.75, 3.05) is 0 Å². The first-order valence-electron chi connectivity index (χ1n) is 11.4. The van der Waals surface area contributed by atoms with E-state index >= 15 is 0 Å². The third kappa shape index (κ3) is 7.99. The highest BCUT2D eigenvalue weighted by molar-refractivity contribution is 5.96. The van der Waals surface area contributed by atoms with Gasteiger partial charge in [0.05, 0.1) is 18.6 Å². The number of nitrogens with two attached hydrogens (primary N) is 2. The van der Waals surface area contributed by atoms with Crippen molar-refractivity contribution in [2.24, 2.45) is 11.5 Å². The van der Waals surface area contributed by atoms with Gasteiger partial charge in [0, 0.05) is 23.5 Å². The van der Waals surface area contributed by atoms with Crippen molar-refractivity contribution < 1.29 is 39.3 Å². The molecule has 0 saturated carbocycles. The van der Waals surface area contributed by atoms with Crippen LogP contribution >= 0.6 is 0 Å². The molecule has 11 N–H and O–H groups in total. The Labute approximate surface area is 211 Å². The zero-order valence-electron chi connectivity index (χ0n) is 20.3. The molecule has 0 aliphatic carbocycles. The van der Waals surface area contributed by atoms with Crippen LogP contribution in [-0.2, 0) is 30.4 Å². The first kappa shape index (κ1) is 29.2. The SMILES string of the molecule is CC(O)C(N)C(=O)NC(CC(N)=O)C(=O)NC(Cc1c[nH]c2ccccc12)C(=O)NC(C(=O)O)C(C)O. The van der Waals surface area contributed by atoms with Gasteiger partial charge in [-0.2, -0.15) is 0 Å². The molecule has 2 aromatic rings. The van der Waals surface area contributed by atoms with Crippen LogP contribution in [-0.4, -0.2) is 86.3 Å². The molecule has 0 bridgehead atoms. The molecule has 0 aliphatic heterocycles. The van der Waals surface area contributed by atoms with E-state index in [0.717, 1.165) is 10.9 Å². The summed E-state index contributed by atoms with van der Waals surface area (Å²) in [7, 11) is 0. The number of hydrogen-bond acceptors (Lipinski definition) is 8. The van der Waals surface area contributed by atoms with Crippen LogP contribution in [0.2, 0.25) is 0 Å². The second kappa shape index (κ2) is 12.8. The molecule has 4 amide bonds. The van der Waals surface area contributed by atoms with Gasteiger partial charge in [-0.05, 0) is 25.5 Å². The lowest BCUT2D eigenvalue weighted by Gasteiger charge is -2.25. The Morgan fingerprint density at radius 2 is 1.51 bits per heavy atom. The molecule has 1 heterocycles. The number of carbonyl (C=O) groups excluding carboxylic acids is 4. The standard InChI is InChI=1S/C23H32N6O8/c1-10(30)18(25)22(35)28-16(8-17(24)32)20(33)27-15(21(34)29-19(11(2)31)23(36)37)7-12-9-26-14-6-4-3-5-13(12)14/h3-6,9-11,15-16,18-19,26,30-31H,7-8,25H2,1-2H3,(H2,24,32)(H,27,33)(H,28,35)(H,29,34)(H,36,37). The van der Waals surface area contributed by atoms with E-state index in [1.165, 1.54) is 13.8 Å². The molecular weight excluding hydrogens is 488 g/mol. The van der Waals surface area contributed by atoms with Gasteiger partial charge in [-0.3, -0.25) is 19.2 Å². The number of para-hydroxylation sites is 1. The molecule has 202 valence electrons. The highest BCUT2D eigenvalue weighted by atomic mass is 16.4. The molecule has 0 radical (unpaired) electrons. The van der Waals surface area contributed by atoms with Crippen LogP contribution in [0.4, 0.5) is 0 Å². The lowest BCUT2D eigenvalue weighted by atomic mass is 10.0. The Bertz CT molecular complexity index is 1150. The zero-order valence-corrected chi connectivity index (χ0v) is 20.3. The van der Waals surface area contributed by atoms with Crippen LogP contribution < -0.4 is 27.4 Å². The summed E-state index contributed by atoms with van der Waals surface area (Å²) in [4.78, 5) is 64.5. The number of H-pyrrole nitrogens is 1. The Hall–Kier alpha value is -4.01. The average Bonchev–Trinajstić information content (AvgIpc) is 3.22. The lowest BCUT2D eigenvalue weighted by molar-refractivity contribution is -0.145. The molecule has 1 aromatic carbocycles. The maximum Gasteiger partial charge on any atom is 0.328 e. The van der Waals surface area contributed by atoms with Gasteiger partial charge in [0.25, 0.3) is 0 Å². The predicted octanol–water partition coefficient (Wildman–Crippen LogP) is -2.79. The van der Waals surface area contributed by atoms with Crippen molar-refractivity contribution in [1.82, 2.24) is 20.9 Å². The van der Waals surface area contributed by atoms with Crippen LogP contribution in [0.25, 0.3) is 10.9 Å². The van der Waals surface area contributed by atoms with E-state index < -0.39 is 72.4 Å². The largest absolute Gasteiger partial charge is 0.480 e. The van der Waals surface area contributed by atoms with E-state index in [1.807, 2.05) is 0 Å². The molecule has 37 heavy (non-hydrogen) atoms. The maximum absolute atomic E-state index is 13.1. The Morgan fingerprint density at radius 3 is 2.08 bits per heavy atom. The number of aliphatic hydroxyl groups is 2. The van der Waals surface area contributed by atoms with Crippen LogP contribution in [0.1, 0.15) is 25.8 Å². The number of benzene rings is 1. The Balaban J connectivity index is 2.34. The lowest BCUT2D eigenvalue weighted by Crippen LogP contribution is -2.59. The number of carboxylic acids is 1. The summed E-state index contributed by atoms with van der Waals surface area (Å²) >= 11 is 0. The third-order valence-corrected chi connectivity index (χ3v) is 5.64. The fraction of sp³-hybridized carbons (Fsp3) is 0.435. The number of aromatic nitrogens is 1. The highest BCUT2D eigenvalue weighted by Crippen LogP contribution is 2.19. The normalized spacial score (nSPS) is 16.0. The van der Waals surface area contributed by atoms with Crippen LogP contribution in [0.3, 0.4) is 0 Å². The first-order chi connectivity index (χ1) is 17.3. The summed E-state index contributed by atoms with van der Waals surface area (Å²) in [5.41, 5.74) is 12.2. The second-order valence-corrected chi connectivity index (χ2v) is 8.69. The van der Waals surface area contributed by atoms with Crippen molar-refractivity contribution in [3.63, 3.8) is 0 Å². The minimum Gasteiger partial charge on any atom is -0.480 e. The molecule has 2 rings (SSSR count). The minimum absolute atomic E-state index is 0.113. The van der Waals surface area contributed by atoms with Crippen molar-refractivity contribution in [3.8, 4) is 0 Å². The summed E-state index contributed by atoms with van der Waals surface area (Å²) in [6.07, 6.45) is -1.85. The van der Waals surface area contributed by atoms with E-state index in [0.29, 0.717) is 5.56 Å². The molecule has 0 spiro atoms. The predicted molar refractivity (Wildman–Crippen MR) is 131 cm³/mol. The van der Waals surface area contributed by atoms with Crippen LogP contribution in [0, 0.1) is 0 Å². The van der Waals surface area contributed by atoms with Gasteiger partial charge < -0.3 is 47.7 Å². The van der Waals surface area contributed by atoms with E-state index in [1.54, 1.807) is 30.5 Å². The maximum atomic E-state index is 13.1. The topological polar surface area (TPSA) is 250 Å². The Morgan fingerprint density at radius 1 is 0.919 bits per heavy atom. The Kier molecular flexibility index (Phi) is 10.1. The van der Waals surface area contributed by atoms with Gasteiger partial charge in [0.2, 0.25) is 23.6 Å². The quantitative estimate of drug-likeness (QED) is 0.132. The van der Waals surface area contributed by atoms with Gasteiger partial charge in [-0.15, -0.1) is 0 Å². The molecule has 6 atom stereocenters. The molecule has 1 aromatic heterocycles. The number of aliphatic carboxylic acids is 1. The molecular formula is C23H32N6O8. The number of carboxylic acid groups (broad SMARTS) is 1. The summed E-state index contributed by atoms with van der Waals surface area (Å²) < 4.78 is 0. The number of hydrogen-bond donors (Lipinski definition) is 9. The number of rotatable bonds is 13. The number of fused-ring (bicyclic) bond motifs is 1. The van der Waals surface area contributed by atoms with Gasteiger partial charge >= 0.3 is 5.97 Å². The van der Waals surface area contributed by atoms with Gasteiger partial charge in [-0.1, -0.05) is 18.2 Å². The smallest absolute Gasteiger partial charge is 0.328 e. The van der Waals surface area contributed by atoms with Crippen LogP contribution in [0.5, 0.6) is 0 Å². The summed E-state index contributed by atoms with van der Waals surface area (Å²) in [5.74, 6) is -5.28. The molecule has 0 aliphatic rings. The second-order valence-electron chi connectivity index (χ2n) is 8.69. The monoisotopic (exact) mass is 520 g/mol. The number of nitrogens with one attached hydrogen (secondary N) is 4.